The molecule has 0 unspecified atom stereocenters. The fourth-order valence-electron chi connectivity index (χ4n) is 1.54. The summed E-state index contributed by atoms with van der Waals surface area (Å²) < 4.78 is 0. The number of hydrogen-bond donors (Lipinski definition) is 2. The van der Waals surface area contributed by atoms with E-state index in [1.165, 1.54) is 0 Å². The molecule has 0 radical (unpaired) electrons. The van der Waals surface area contributed by atoms with Crippen LogP contribution in [0.5, 0.6) is 0 Å². The number of carboxylic acids is 1. The third-order valence-electron chi connectivity index (χ3n) is 2.73. The number of carbonyl (C=O) groups is 2. The van der Waals surface area contributed by atoms with Crippen LogP contribution >= 0.6 is 0 Å². The van der Waals surface area contributed by atoms with E-state index in [2.05, 4.69) is 5.32 Å². The summed E-state index contributed by atoms with van der Waals surface area (Å²) in [6.07, 6.45) is 0.351. The Morgan fingerprint density at radius 2 is 1.85 bits per heavy atom. The maximum absolute atomic E-state index is 11.7. The monoisotopic (exact) mass is 275 g/mol. The molecule has 0 atom stereocenters. The highest BCUT2D eigenvalue weighted by Crippen LogP contribution is 2.09. The van der Waals surface area contributed by atoms with E-state index >= 15 is 0 Å². The summed E-state index contributed by atoms with van der Waals surface area (Å²) in [5.74, 6) is -0.990. The van der Waals surface area contributed by atoms with Crippen LogP contribution in [0.2, 0.25) is 0 Å². The summed E-state index contributed by atoms with van der Waals surface area (Å²) in [7, 11) is 1.78. The Bertz CT molecular complexity index is 505. The van der Waals surface area contributed by atoms with Crippen LogP contribution in [0.4, 0.5) is 5.69 Å². The van der Waals surface area contributed by atoms with Gasteiger partial charge in [-0.25, -0.2) is 0 Å². The van der Waals surface area contributed by atoms with Gasteiger partial charge >= 0.3 is 5.97 Å². The highest BCUT2D eigenvalue weighted by Gasteiger charge is 2.06. The van der Waals surface area contributed by atoms with Crippen molar-refractivity contribution in [3.63, 3.8) is 0 Å². The van der Waals surface area contributed by atoms with Crippen molar-refractivity contribution in [2.24, 2.45) is 0 Å². The molecule has 20 heavy (non-hydrogen) atoms. The zero-order valence-electron chi connectivity index (χ0n) is 11.3. The molecule has 0 aliphatic rings. The number of benzene rings is 1. The van der Waals surface area contributed by atoms with Crippen molar-refractivity contribution in [1.29, 1.82) is 5.26 Å². The Hall–Kier alpha value is -2.39. The van der Waals surface area contributed by atoms with E-state index in [1.807, 2.05) is 6.07 Å². The lowest BCUT2D eigenvalue weighted by atomic mass is 10.2. The highest BCUT2D eigenvalue weighted by atomic mass is 16.4. The van der Waals surface area contributed by atoms with Gasteiger partial charge in [-0.15, -0.1) is 0 Å². The number of anilines is 1. The summed E-state index contributed by atoms with van der Waals surface area (Å²) in [6, 6.07) is 8.61. The first kappa shape index (κ1) is 15.7. The molecule has 0 bridgehead atoms. The zero-order valence-corrected chi connectivity index (χ0v) is 11.3. The standard InChI is InChI=1S/C14H17N3O3/c1-17(9-7-14(19)20)8-6-13(18)16-12-4-2-11(10-15)3-5-12/h2-5H,6-9H2,1H3,(H,16,18)(H,19,20). The molecule has 0 aliphatic carbocycles. The zero-order chi connectivity index (χ0) is 15.0. The van der Waals surface area contributed by atoms with Crippen LogP contribution in [0, 0.1) is 11.3 Å². The number of amides is 1. The summed E-state index contributed by atoms with van der Waals surface area (Å²) in [6.45, 7) is 0.912. The van der Waals surface area contributed by atoms with Gasteiger partial charge in [0.25, 0.3) is 0 Å². The van der Waals surface area contributed by atoms with Crippen LogP contribution in [-0.4, -0.2) is 42.0 Å². The van der Waals surface area contributed by atoms with Gasteiger partial charge in [0.2, 0.25) is 5.91 Å². The Kier molecular flexibility index (Phi) is 6.20. The maximum atomic E-state index is 11.7. The molecular weight excluding hydrogens is 258 g/mol. The van der Waals surface area contributed by atoms with E-state index in [-0.39, 0.29) is 18.7 Å². The van der Waals surface area contributed by atoms with Crippen molar-refractivity contribution >= 4 is 17.6 Å². The Morgan fingerprint density at radius 3 is 2.40 bits per heavy atom. The lowest BCUT2D eigenvalue weighted by molar-refractivity contribution is -0.137. The molecule has 0 heterocycles. The average molecular weight is 275 g/mol. The third-order valence-corrected chi connectivity index (χ3v) is 2.73. The van der Waals surface area contributed by atoms with Crippen molar-refractivity contribution in [2.45, 2.75) is 12.8 Å². The van der Waals surface area contributed by atoms with Gasteiger partial charge in [0.05, 0.1) is 18.1 Å². The van der Waals surface area contributed by atoms with Crippen LogP contribution in [0.25, 0.3) is 0 Å². The van der Waals surface area contributed by atoms with Gasteiger partial charge < -0.3 is 15.3 Å². The molecule has 6 nitrogen and oxygen atoms in total. The molecule has 0 spiro atoms. The number of carboxylic acid groups (broad SMARTS) is 1. The third kappa shape index (κ3) is 5.98. The fourth-order valence-corrected chi connectivity index (χ4v) is 1.54. The smallest absolute Gasteiger partial charge is 0.304 e. The highest BCUT2D eigenvalue weighted by molar-refractivity contribution is 5.90. The molecular formula is C14H17N3O3. The van der Waals surface area contributed by atoms with E-state index < -0.39 is 5.97 Å². The van der Waals surface area contributed by atoms with Gasteiger partial charge in [0.15, 0.2) is 0 Å². The molecule has 0 fully saturated rings. The summed E-state index contributed by atoms with van der Waals surface area (Å²) >= 11 is 0. The van der Waals surface area contributed by atoms with Crippen LogP contribution in [0.15, 0.2) is 24.3 Å². The van der Waals surface area contributed by atoms with Crippen molar-refractivity contribution in [1.82, 2.24) is 4.90 Å². The molecule has 106 valence electrons. The minimum absolute atomic E-state index is 0.0632. The minimum atomic E-state index is -0.848. The number of nitriles is 1. The van der Waals surface area contributed by atoms with E-state index in [1.54, 1.807) is 36.2 Å². The number of nitrogens with zero attached hydrogens (tertiary/aromatic N) is 2. The largest absolute Gasteiger partial charge is 0.481 e. The van der Waals surface area contributed by atoms with Crippen LogP contribution in [-0.2, 0) is 9.59 Å². The number of rotatable bonds is 7. The molecule has 1 aromatic carbocycles. The first-order valence-electron chi connectivity index (χ1n) is 6.21. The Balaban J connectivity index is 2.32. The SMILES string of the molecule is CN(CCC(=O)O)CCC(=O)Nc1ccc(C#N)cc1. The molecule has 0 aliphatic heterocycles. The quantitative estimate of drug-likeness (QED) is 0.782. The van der Waals surface area contributed by atoms with Gasteiger partial charge in [0, 0.05) is 25.2 Å². The van der Waals surface area contributed by atoms with E-state index in [9.17, 15) is 9.59 Å². The lowest BCUT2D eigenvalue weighted by Gasteiger charge is -2.14. The lowest BCUT2D eigenvalue weighted by Crippen LogP contribution is -2.26. The van der Waals surface area contributed by atoms with Gasteiger partial charge in [-0.3, -0.25) is 9.59 Å². The molecule has 1 amide bonds. The van der Waals surface area contributed by atoms with Crippen LogP contribution in [0.3, 0.4) is 0 Å². The predicted molar refractivity (Wildman–Crippen MR) is 74.2 cm³/mol. The van der Waals surface area contributed by atoms with Crippen molar-refractivity contribution in [3.8, 4) is 6.07 Å². The topological polar surface area (TPSA) is 93.4 Å². The van der Waals surface area contributed by atoms with Crippen LogP contribution in [0.1, 0.15) is 18.4 Å². The van der Waals surface area contributed by atoms with E-state index in [0.29, 0.717) is 24.3 Å². The van der Waals surface area contributed by atoms with Gasteiger partial charge in [-0.1, -0.05) is 0 Å². The number of carbonyl (C=O) groups excluding carboxylic acids is 1. The minimum Gasteiger partial charge on any atom is -0.481 e. The van der Waals surface area contributed by atoms with E-state index in [0.717, 1.165) is 0 Å². The predicted octanol–water partition coefficient (Wildman–Crippen LogP) is 1.29. The molecule has 1 rings (SSSR count). The first-order valence-corrected chi connectivity index (χ1v) is 6.21. The van der Waals surface area contributed by atoms with Crippen LogP contribution < -0.4 is 5.32 Å². The van der Waals surface area contributed by atoms with Gasteiger partial charge in [0.1, 0.15) is 0 Å². The second-order valence-electron chi connectivity index (χ2n) is 4.43. The first-order chi connectivity index (χ1) is 9.51. The summed E-state index contributed by atoms with van der Waals surface area (Å²) in [5.41, 5.74) is 1.18. The van der Waals surface area contributed by atoms with Crippen molar-refractivity contribution < 1.29 is 14.7 Å². The average Bonchev–Trinajstić information content (AvgIpc) is 2.43. The number of nitrogens with one attached hydrogen (secondary N) is 1. The molecule has 6 heteroatoms. The number of aliphatic carboxylic acids is 1. The maximum Gasteiger partial charge on any atom is 0.304 e. The van der Waals surface area contributed by atoms with Crippen molar-refractivity contribution in [2.75, 3.05) is 25.5 Å². The molecule has 2 N–H and O–H groups in total. The number of hydrogen-bond acceptors (Lipinski definition) is 4. The second-order valence-corrected chi connectivity index (χ2v) is 4.43. The second kappa shape index (κ2) is 7.92. The van der Waals surface area contributed by atoms with Gasteiger partial charge in [-0.2, -0.15) is 5.26 Å². The fraction of sp³-hybridized carbons (Fsp3) is 0.357. The van der Waals surface area contributed by atoms with Gasteiger partial charge in [-0.05, 0) is 31.3 Å². The molecule has 1 aromatic rings. The molecule has 0 aromatic heterocycles. The Morgan fingerprint density at radius 1 is 1.25 bits per heavy atom. The summed E-state index contributed by atoms with van der Waals surface area (Å²) in [4.78, 5) is 23.9. The van der Waals surface area contributed by atoms with Crippen molar-refractivity contribution in [3.05, 3.63) is 29.8 Å². The van der Waals surface area contributed by atoms with E-state index in [4.69, 9.17) is 10.4 Å². The molecule has 0 saturated heterocycles. The molecule has 0 saturated carbocycles. The Labute approximate surface area is 117 Å². The normalized spacial score (nSPS) is 10.1. The summed E-state index contributed by atoms with van der Waals surface area (Å²) in [5, 5.41) is 19.9.